The number of carbonyl (C=O) groups excluding carboxylic acids is 1. The van der Waals surface area contributed by atoms with Crippen LogP contribution in [0.5, 0.6) is 5.75 Å². The number of rotatable bonds is 5. The molecule has 0 aliphatic heterocycles. The third-order valence-corrected chi connectivity index (χ3v) is 5.55. The molecule has 0 aliphatic carbocycles. The molecular formula is C24H21F7N6O2. The molecule has 0 atom stereocenters. The fraction of sp³-hybridized carbons (Fsp3) is 0.250. The number of aryl methyl sites for hydroxylation is 2. The summed E-state index contributed by atoms with van der Waals surface area (Å²) in [6, 6.07) is 5.16. The first-order chi connectivity index (χ1) is 18.3. The SMILES string of the molecule is CF.COc1c(-c2cn(-c3c(C(F)(F)F)c(C)nn3C)nn2)cccc1N(C)C(=O)c1c(F)cc(F)cc1F. The van der Waals surface area contributed by atoms with E-state index in [-0.39, 0.29) is 34.2 Å². The van der Waals surface area contributed by atoms with Crippen LogP contribution in [0.25, 0.3) is 17.1 Å². The van der Waals surface area contributed by atoms with Crippen LogP contribution >= 0.6 is 0 Å². The fourth-order valence-electron chi connectivity index (χ4n) is 3.96. The molecule has 208 valence electrons. The summed E-state index contributed by atoms with van der Waals surface area (Å²) in [5.41, 5.74) is -1.87. The van der Waals surface area contributed by atoms with Crippen LogP contribution in [0, 0.1) is 24.4 Å². The first kappa shape index (κ1) is 29.1. The summed E-state index contributed by atoms with van der Waals surface area (Å²) in [6.07, 6.45) is -3.49. The van der Waals surface area contributed by atoms with Gasteiger partial charge in [0, 0.05) is 31.8 Å². The maximum atomic E-state index is 14.2. The molecule has 0 bridgehead atoms. The minimum atomic E-state index is -4.70. The highest BCUT2D eigenvalue weighted by molar-refractivity contribution is 6.07. The van der Waals surface area contributed by atoms with Gasteiger partial charge < -0.3 is 9.64 Å². The maximum Gasteiger partial charge on any atom is 0.421 e. The Balaban J connectivity index is 0.00000205. The summed E-state index contributed by atoms with van der Waals surface area (Å²) in [7, 11) is 4.31. The number of hydrogen-bond acceptors (Lipinski definition) is 5. The number of anilines is 1. The van der Waals surface area contributed by atoms with Crippen molar-refractivity contribution < 1.29 is 40.3 Å². The van der Waals surface area contributed by atoms with E-state index >= 15 is 0 Å². The number of para-hydroxylation sites is 1. The predicted octanol–water partition coefficient (Wildman–Crippen LogP) is 5.28. The summed E-state index contributed by atoms with van der Waals surface area (Å²) in [4.78, 5) is 13.8. The summed E-state index contributed by atoms with van der Waals surface area (Å²) < 4.78 is 99.5. The Morgan fingerprint density at radius 1 is 1.08 bits per heavy atom. The van der Waals surface area contributed by atoms with Crippen LogP contribution in [-0.2, 0) is 13.2 Å². The Morgan fingerprint density at radius 3 is 2.26 bits per heavy atom. The van der Waals surface area contributed by atoms with Gasteiger partial charge in [-0.15, -0.1) is 5.10 Å². The highest BCUT2D eigenvalue weighted by atomic mass is 19.4. The Bertz CT molecular complexity index is 1490. The molecule has 0 radical (unpaired) electrons. The van der Waals surface area contributed by atoms with Gasteiger partial charge in [0.25, 0.3) is 5.91 Å². The van der Waals surface area contributed by atoms with Crippen LogP contribution in [0.15, 0.2) is 36.5 Å². The van der Waals surface area contributed by atoms with Crippen molar-refractivity contribution in [2.45, 2.75) is 13.1 Å². The van der Waals surface area contributed by atoms with E-state index in [9.17, 15) is 35.5 Å². The van der Waals surface area contributed by atoms with Crippen LogP contribution < -0.4 is 9.64 Å². The van der Waals surface area contributed by atoms with E-state index < -0.39 is 40.7 Å². The monoisotopic (exact) mass is 558 g/mol. The first-order valence-corrected chi connectivity index (χ1v) is 10.9. The van der Waals surface area contributed by atoms with E-state index in [0.29, 0.717) is 19.3 Å². The Morgan fingerprint density at radius 2 is 1.69 bits per heavy atom. The van der Waals surface area contributed by atoms with Crippen molar-refractivity contribution in [1.82, 2.24) is 24.8 Å². The summed E-state index contributed by atoms with van der Waals surface area (Å²) in [6.45, 7) is 1.22. The topological polar surface area (TPSA) is 78.1 Å². The molecule has 0 N–H and O–H groups in total. The quantitative estimate of drug-likeness (QED) is 0.312. The Labute approximate surface area is 217 Å². The van der Waals surface area contributed by atoms with E-state index in [1.165, 1.54) is 52.5 Å². The zero-order valence-electron chi connectivity index (χ0n) is 21.1. The van der Waals surface area contributed by atoms with Crippen LogP contribution in [0.1, 0.15) is 21.6 Å². The standard InChI is InChI=1S/C23H18F6N6O2.CH3F/c1-11-19(23(27,28)29)21(34(3)31-11)35-10-16(30-32-35)13-6-5-7-17(20(13)37-4)33(2)22(36)18-14(25)8-12(24)9-15(18)26;1-2/h5-10H,1-4H3;1H3. The molecule has 0 spiro atoms. The number of carbonyl (C=O) groups is 1. The average Bonchev–Trinajstić information content (AvgIpc) is 3.46. The van der Waals surface area contributed by atoms with Gasteiger partial charge in [0.15, 0.2) is 11.6 Å². The van der Waals surface area contributed by atoms with Gasteiger partial charge in [-0.25, -0.2) is 17.9 Å². The predicted molar refractivity (Wildman–Crippen MR) is 126 cm³/mol. The normalized spacial score (nSPS) is 11.2. The molecule has 15 heteroatoms. The van der Waals surface area contributed by atoms with E-state index in [1.807, 2.05) is 0 Å². The van der Waals surface area contributed by atoms with Crippen LogP contribution in [-0.4, -0.2) is 52.0 Å². The van der Waals surface area contributed by atoms with Gasteiger partial charge in [-0.3, -0.25) is 13.9 Å². The zero-order chi connectivity index (χ0) is 29.2. The minimum Gasteiger partial charge on any atom is -0.494 e. The van der Waals surface area contributed by atoms with Gasteiger partial charge in [-0.2, -0.15) is 18.3 Å². The highest BCUT2D eigenvalue weighted by Gasteiger charge is 2.39. The molecular weight excluding hydrogens is 537 g/mol. The summed E-state index contributed by atoms with van der Waals surface area (Å²) >= 11 is 0. The van der Waals surface area contributed by atoms with Gasteiger partial charge >= 0.3 is 6.18 Å². The molecule has 0 saturated heterocycles. The van der Waals surface area contributed by atoms with Crippen molar-refractivity contribution in [3.8, 4) is 22.8 Å². The molecule has 39 heavy (non-hydrogen) atoms. The highest BCUT2D eigenvalue weighted by Crippen LogP contribution is 2.39. The van der Waals surface area contributed by atoms with Gasteiger partial charge in [-0.1, -0.05) is 11.3 Å². The van der Waals surface area contributed by atoms with Crippen molar-refractivity contribution >= 4 is 11.6 Å². The molecule has 0 aliphatic rings. The number of aromatic nitrogens is 5. The smallest absolute Gasteiger partial charge is 0.421 e. The van der Waals surface area contributed by atoms with Crippen LogP contribution in [0.4, 0.5) is 36.4 Å². The fourth-order valence-corrected chi connectivity index (χ4v) is 3.96. The number of ether oxygens (including phenoxy) is 1. The third-order valence-electron chi connectivity index (χ3n) is 5.55. The Kier molecular flexibility index (Phi) is 8.31. The summed E-state index contributed by atoms with van der Waals surface area (Å²) in [5.74, 6) is -5.44. The van der Waals surface area contributed by atoms with Gasteiger partial charge in [0.05, 0.1) is 31.9 Å². The number of nitrogens with zero attached hydrogens (tertiary/aromatic N) is 6. The molecule has 8 nitrogen and oxygen atoms in total. The lowest BCUT2D eigenvalue weighted by Crippen LogP contribution is -2.28. The lowest BCUT2D eigenvalue weighted by atomic mass is 10.1. The van der Waals surface area contributed by atoms with Crippen LogP contribution in [0.3, 0.4) is 0 Å². The molecule has 0 fully saturated rings. The lowest BCUT2D eigenvalue weighted by Gasteiger charge is -2.22. The average molecular weight is 558 g/mol. The molecule has 0 unspecified atom stereocenters. The van der Waals surface area contributed by atoms with Gasteiger partial charge in [0.2, 0.25) is 0 Å². The minimum absolute atomic E-state index is 0.0190. The molecule has 4 aromatic rings. The number of alkyl halides is 4. The van der Waals surface area contributed by atoms with E-state index in [2.05, 4.69) is 15.4 Å². The number of amides is 1. The van der Waals surface area contributed by atoms with Gasteiger partial charge in [-0.05, 0) is 19.1 Å². The van der Waals surface area contributed by atoms with Crippen LogP contribution in [0.2, 0.25) is 0 Å². The maximum absolute atomic E-state index is 14.2. The second kappa shape index (κ2) is 11.1. The largest absolute Gasteiger partial charge is 0.494 e. The van der Waals surface area contributed by atoms with Crippen molar-refractivity contribution in [1.29, 1.82) is 0 Å². The van der Waals surface area contributed by atoms with Crippen molar-refractivity contribution in [3.05, 3.63) is 70.8 Å². The third kappa shape index (κ3) is 5.42. The van der Waals surface area contributed by atoms with Gasteiger partial charge in [0.1, 0.15) is 34.3 Å². The molecule has 2 aromatic heterocycles. The number of hydrogen-bond donors (Lipinski definition) is 0. The molecule has 1 amide bonds. The van der Waals surface area contributed by atoms with E-state index in [1.54, 1.807) is 0 Å². The molecule has 2 aromatic carbocycles. The van der Waals surface area contributed by atoms with E-state index in [4.69, 9.17) is 4.74 Å². The van der Waals surface area contributed by atoms with Crippen molar-refractivity contribution in [3.63, 3.8) is 0 Å². The second-order valence-corrected chi connectivity index (χ2v) is 7.92. The molecule has 0 saturated carbocycles. The lowest BCUT2D eigenvalue weighted by molar-refractivity contribution is -0.138. The molecule has 4 rings (SSSR count). The number of benzene rings is 2. The number of methoxy groups -OCH3 is 1. The number of halogens is 7. The van der Waals surface area contributed by atoms with Crippen molar-refractivity contribution in [2.75, 3.05) is 26.2 Å². The first-order valence-electron chi connectivity index (χ1n) is 10.9. The molecule has 2 heterocycles. The zero-order valence-corrected chi connectivity index (χ0v) is 21.1. The van der Waals surface area contributed by atoms with Crippen molar-refractivity contribution in [2.24, 2.45) is 7.05 Å². The second-order valence-electron chi connectivity index (χ2n) is 7.92. The Hall–Kier alpha value is -4.43. The summed E-state index contributed by atoms with van der Waals surface area (Å²) in [5, 5.41) is 11.6. The van der Waals surface area contributed by atoms with E-state index in [0.717, 1.165) is 14.3 Å².